The molecule has 176 valence electrons. The first kappa shape index (κ1) is 24.5. The van der Waals surface area contributed by atoms with Gasteiger partial charge in [-0.3, -0.25) is 10.1 Å². The van der Waals surface area contributed by atoms with Gasteiger partial charge < -0.3 is 14.9 Å². The van der Waals surface area contributed by atoms with Crippen LogP contribution in [0.4, 0.5) is 10.5 Å². The lowest BCUT2D eigenvalue weighted by Gasteiger charge is -2.26. The summed E-state index contributed by atoms with van der Waals surface area (Å²) < 4.78 is 5.87. The minimum Gasteiger partial charge on any atom is -0.507 e. The molecule has 7 nitrogen and oxygen atoms in total. The number of nitrogens with one attached hydrogen (secondary N) is 1. The summed E-state index contributed by atoms with van der Waals surface area (Å²) in [5.41, 5.74) is 1.77. The summed E-state index contributed by atoms with van der Waals surface area (Å²) in [6.07, 6.45) is 2.42. The number of rotatable bonds is 9. The third-order valence-electron chi connectivity index (χ3n) is 5.58. The smallest absolute Gasteiger partial charge is 0.412 e. The van der Waals surface area contributed by atoms with E-state index in [4.69, 9.17) is 9.84 Å². The van der Waals surface area contributed by atoms with Crippen molar-refractivity contribution in [2.45, 2.75) is 32.8 Å². The van der Waals surface area contributed by atoms with Gasteiger partial charge in [0.25, 0.3) is 0 Å². The van der Waals surface area contributed by atoms with Crippen molar-refractivity contribution in [2.75, 3.05) is 5.32 Å². The van der Waals surface area contributed by atoms with Crippen molar-refractivity contribution < 1.29 is 29.3 Å². The lowest BCUT2D eigenvalue weighted by molar-refractivity contribution is -0.131. The normalized spacial score (nSPS) is 12.9. The highest BCUT2D eigenvalue weighted by atomic mass is 16.6. The Bertz CT molecular complexity index is 1220. The number of hydrogen-bond acceptors (Lipinski definition) is 5. The Morgan fingerprint density at radius 2 is 1.68 bits per heavy atom. The fraction of sp³-hybridized carbons (Fsp3) is 0.222. The number of ketones is 1. The fourth-order valence-corrected chi connectivity index (χ4v) is 3.79. The first-order valence-electron chi connectivity index (χ1n) is 10.9. The molecule has 0 aromatic heterocycles. The highest BCUT2D eigenvalue weighted by Crippen LogP contribution is 2.37. The molecule has 3 aromatic rings. The lowest BCUT2D eigenvalue weighted by Crippen LogP contribution is -2.22. The third-order valence-corrected chi connectivity index (χ3v) is 5.58. The summed E-state index contributed by atoms with van der Waals surface area (Å²) in [5, 5.41) is 23.2. The lowest BCUT2D eigenvalue weighted by atomic mass is 9.89. The molecule has 0 radical (unpaired) electrons. The number of amides is 1. The number of phenols is 1. The Labute approximate surface area is 197 Å². The molecule has 0 bridgehead atoms. The van der Waals surface area contributed by atoms with Gasteiger partial charge in [0, 0.05) is 28.3 Å². The second-order valence-electron chi connectivity index (χ2n) is 8.10. The van der Waals surface area contributed by atoms with Crippen LogP contribution < -0.4 is 5.32 Å². The number of carbonyl (C=O) groups excluding carboxylic acids is 2. The summed E-state index contributed by atoms with van der Waals surface area (Å²) in [7, 11) is 0. The molecule has 0 heterocycles. The van der Waals surface area contributed by atoms with E-state index in [1.54, 1.807) is 48.5 Å². The second-order valence-corrected chi connectivity index (χ2v) is 8.10. The number of Topliss-reactive ketones (excluding diaryl/α,β-unsaturated/α-hetero) is 1. The SMILES string of the molecule is CC(=O)c1ccc(NC(=O)O[C@@H](c2ccc(O)c3ccccc23)[C@@H](C)CC/C=C/C(=O)O)cc1. The zero-order valence-electron chi connectivity index (χ0n) is 19.0. The predicted octanol–water partition coefficient (Wildman–Crippen LogP) is 6.09. The number of hydrogen-bond donors (Lipinski definition) is 3. The number of anilines is 1. The van der Waals surface area contributed by atoms with E-state index in [9.17, 15) is 19.5 Å². The molecule has 0 saturated carbocycles. The van der Waals surface area contributed by atoms with Crippen molar-refractivity contribution in [3.05, 3.63) is 83.9 Å². The van der Waals surface area contributed by atoms with E-state index in [0.717, 1.165) is 17.0 Å². The highest BCUT2D eigenvalue weighted by Gasteiger charge is 2.26. The molecule has 0 aliphatic rings. The van der Waals surface area contributed by atoms with Gasteiger partial charge in [-0.25, -0.2) is 9.59 Å². The number of carbonyl (C=O) groups is 3. The largest absolute Gasteiger partial charge is 0.507 e. The van der Waals surface area contributed by atoms with Gasteiger partial charge in [-0.1, -0.05) is 43.3 Å². The van der Waals surface area contributed by atoms with Gasteiger partial charge in [0.15, 0.2) is 5.78 Å². The van der Waals surface area contributed by atoms with E-state index in [1.807, 2.05) is 25.1 Å². The molecule has 7 heteroatoms. The van der Waals surface area contributed by atoms with Crippen molar-refractivity contribution in [3.8, 4) is 5.75 Å². The van der Waals surface area contributed by atoms with Crippen molar-refractivity contribution in [3.63, 3.8) is 0 Å². The predicted molar refractivity (Wildman–Crippen MR) is 130 cm³/mol. The number of allylic oxidation sites excluding steroid dienone is 1. The maximum absolute atomic E-state index is 12.8. The Morgan fingerprint density at radius 3 is 2.32 bits per heavy atom. The van der Waals surface area contributed by atoms with Crippen molar-refractivity contribution in [2.24, 2.45) is 5.92 Å². The molecule has 3 N–H and O–H groups in total. The van der Waals surface area contributed by atoms with Crippen molar-refractivity contribution in [1.29, 1.82) is 0 Å². The van der Waals surface area contributed by atoms with Crippen LogP contribution in [0.5, 0.6) is 5.75 Å². The average molecular weight is 462 g/mol. The molecule has 2 atom stereocenters. The maximum atomic E-state index is 12.8. The number of benzene rings is 3. The Kier molecular flexibility index (Phi) is 8.03. The topological polar surface area (TPSA) is 113 Å². The van der Waals surface area contributed by atoms with Gasteiger partial charge in [0.2, 0.25) is 0 Å². The van der Waals surface area contributed by atoms with Crippen molar-refractivity contribution in [1.82, 2.24) is 0 Å². The van der Waals surface area contributed by atoms with Crippen LogP contribution in [0.2, 0.25) is 0 Å². The molecule has 34 heavy (non-hydrogen) atoms. The van der Waals surface area contributed by atoms with Crippen LogP contribution in [-0.4, -0.2) is 28.1 Å². The number of carboxylic acids is 1. The fourth-order valence-electron chi connectivity index (χ4n) is 3.79. The molecular weight excluding hydrogens is 434 g/mol. The van der Waals surface area contributed by atoms with Crippen LogP contribution in [0.15, 0.2) is 72.8 Å². The number of aromatic hydroxyl groups is 1. The standard InChI is InChI=1S/C27H27NO6/c1-17(7-3-6-10-25(31)32)26(23-15-16-24(30)22-9-5-4-8-21(22)23)34-27(33)28-20-13-11-19(12-14-20)18(2)29/h4-6,8-17,26,30H,3,7H2,1-2H3,(H,28,33)(H,31,32)/b10-6+/t17-,26+/m0/s1. The van der Waals surface area contributed by atoms with Crippen LogP contribution in [0.3, 0.4) is 0 Å². The quantitative estimate of drug-likeness (QED) is 0.262. The summed E-state index contributed by atoms with van der Waals surface area (Å²) >= 11 is 0. The number of carboxylic acid groups (broad SMARTS) is 1. The zero-order valence-corrected chi connectivity index (χ0v) is 19.0. The van der Waals surface area contributed by atoms with E-state index < -0.39 is 18.2 Å². The highest BCUT2D eigenvalue weighted by molar-refractivity contribution is 5.95. The molecule has 0 saturated heterocycles. The van der Waals surface area contributed by atoms with E-state index in [2.05, 4.69) is 5.32 Å². The molecule has 3 rings (SSSR count). The average Bonchev–Trinajstić information content (AvgIpc) is 2.81. The molecule has 0 aliphatic heterocycles. The Morgan fingerprint density at radius 1 is 1.00 bits per heavy atom. The van der Waals surface area contributed by atoms with Gasteiger partial charge in [-0.05, 0) is 61.4 Å². The molecule has 3 aromatic carbocycles. The third kappa shape index (κ3) is 6.22. The second kappa shape index (κ2) is 11.1. The van der Waals surface area contributed by atoms with Crippen LogP contribution in [0.25, 0.3) is 10.8 Å². The summed E-state index contributed by atoms with van der Waals surface area (Å²) in [6.45, 7) is 3.39. The van der Waals surface area contributed by atoms with Gasteiger partial charge in [0.1, 0.15) is 11.9 Å². The van der Waals surface area contributed by atoms with Gasteiger partial charge in [-0.2, -0.15) is 0 Å². The number of ether oxygens (including phenoxy) is 1. The molecular formula is C27H27NO6. The number of fused-ring (bicyclic) bond motifs is 1. The van der Waals surface area contributed by atoms with Crippen LogP contribution >= 0.6 is 0 Å². The number of aliphatic carboxylic acids is 1. The van der Waals surface area contributed by atoms with Gasteiger partial charge >= 0.3 is 12.1 Å². The first-order valence-corrected chi connectivity index (χ1v) is 10.9. The summed E-state index contributed by atoms with van der Waals surface area (Å²) in [6, 6.07) is 17.1. The summed E-state index contributed by atoms with van der Waals surface area (Å²) in [5.74, 6) is -1.11. The molecule has 0 aliphatic carbocycles. The zero-order chi connectivity index (χ0) is 24.7. The maximum Gasteiger partial charge on any atom is 0.412 e. The Balaban J connectivity index is 1.86. The van der Waals surface area contributed by atoms with Crippen LogP contribution in [0, 0.1) is 5.92 Å². The first-order chi connectivity index (χ1) is 16.3. The van der Waals surface area contributed by atoms with Gasteiger partial charge in [-0.15, -0.1) is 0 Å². The van der Waals surface area contributed by atoms with Crippen molar-refractivity contribution >= 4 is 34.3 Å². The molecule has 1 amide bonds. The minimum absolute atomic E-state index is 0.0702. The molecule has 0 unspecified atom stereocenters. The van der Waals surface area contributed by atoms with E-state index in [-0.39, 0.29) is 17.5 Å². The Hall–Kier alpha value is -4.13. The molecule has 0 spiro atoms. The molecule has 0 fully saturated rings. The van der Waals surface area contributed by atoms with Crippen LogP contribution in [-0.2, 0) is 9.53 Å². The van der Waals surface area contributed by atoms with E-state index in [0.29, 0.717) is 29.5 Å². The monoisotopic (exact) mass is 461 g/mol. The summed E-state index contributed by atoms with van der Waals surface area (Å²) in [4.78, 5) is 35.0. The van der Waals surface area contributed by atoms with Crippen LogP contribution in [0.1, 0.15) is 48.7 Å². The van der Waals surface area contributed by atoms with Gasteiger partial charge in [0.05, 0.1) is 0 Å². The van der Waals surface area contributed by atoms with E-state index >= 15 is 0 Å². The number of phenolic OH excluding ortho intramolecular Hbond substituents is 1. The van der Waals surface area contributed by atoms with E-state index in [1.165, 1.54) is 6.92 Å². The minimum atomic E-state index is -1.01.